The second-order valence-electron chi connectivity index (χ2n) is 6.85. The fraction of sp³-hybridized carbons (Fsp3) is 0.222. The van der Waals surface area contributed by atoms with E-state index in [2.05, 4.69) is 31.2 Å². The van der Waals surface area contributed by atoms with Crippen LogP contribution in [0.2, 0.25) is 0 Å². The van der Waals surface area contributed by atoms with Crippen LogP contribution in [0.15, 0.2) is 44.7 Å². The van der Waals surface area contributed by atoms with Crippen LogP contribution in [0.5, 0.6) is 5.75 Å². The van der Waals surface area contributed by atoms with E-state index in [1.54, 1.807) is 6.07 Å². The van der Waals surface area contributed by atoms with Crippen molar-refractivity contribution in [3.63, 3.8) is 0 Å². The maximum Gasteiger partial charge on any atom is 0.297 e. The Morgan fingerprint density at radius 3 is 2.73 bits per heavy atom. The Labute approximate surface area is 163 Å². The van der Waals surface area contributed by atoms with E-state index in [1.807, 2.05) is 45.0 Å². The van der Waals surface area contributed by atoms with Crippen molar-refractivity contribution in [2.45, 2.75) is 26.2 Å². The molecule has 3 aromatic rings. The minimum absolute atomic E-state index is 0.0663. The Bertz CT molecular complexity index is 1140. The summed E-state index contributed by atoms with van der Waals surface area (Å²) < 4.78 is 2.10. The quantitative estimate of drug-likeness (QED) is 0.471. The lowest BCUT2D eigenvalue weighted by Crippen LogP contribution is -2.32. The molecule has 0 saturated heterocycles. The highest BCUT2D eigenvalue weighted by Gasteiger charge is 2.21. The molecule has 1 aromatic heterocycles. The van der Waals surface area contributed by atoms with Crippen molar-refractivity contribution in [3.05, 3.63) is 61.2 Å². The Kier molecular flexibility index (Phi) is 4.81. The number of halogens is 1. The number of benzene rings is 2. The Morgan fingerprint density at radius 2 is 2.04 bits per heavy atom. The highest BCUT2D eigenvalue weighted by atomic mass is 79.9. The van der Waals surface area contributed by atoms with Gasteiger partial charge >= 0.3 is 0 Å². The third-order valence-electron chi connectivity index (χ3n) is 3.86. The Balaban J connectivity index is 2.18. The van der Waals surface area contributed by atoms with Gasteiger partial charge in [-0.1, -0.05) is 48.8 Å². The highest BCUT2D eigenvalue weighted by molar-refractivity contribution is 9.10. The summed E-state index contributed by atoms with van der Waals surface area (Å²) in [5.74, 6) is 0.0663. The third kappa shape index (κ3) is 3.47. The summed E-state index contributed by atoms with van der Waals surface area (Å²) in [5, 5.41) is 22.9. The third-order valence-corrected chi connectivity index (χ3v) is 4.62. The summed E-state index contributed by atoms with van der Waals surface area (Å²) in [4.78, 5) is 12.7. The van der Waals surface area contributed by atoms with E-state index in [1.165, 1.54) is 6.21 Å². The van der Waals surface area contributed by atoms with Gasteiger partial charge in [-0.25, -0.2) is 0 Å². The van der Waals surface area contributed by atoms with E-state index < -0.39 is 5.41 Å². The van der Waals surface area contributed by atoms with Crippen molar-refractivity contribution in [3.8, 4) is 5.75 Å². The summed E-state index contributed by atoms with van der Waals surface area (Å²) in [6.45, 7) is 5.65. The van der Waals surface area contributed by atoms with Crippen LogP contribution in [-0.2, 0) is 5.41 Å². The van der Waals surface area contributed by atoms with Crippen LogP contribution in [0.4, 0.5) is 0 Å². The molecule has 0 fully saturated rings. The van der Waals surface area contributed by atoms with E-state index >= 15 is 0 Å². The lowest BCUT2D eigenvalue weighted by molar-refractivity contribution is 0.475. The van der Waals surface area contributed by atoms with Gasteiger partial charge < -0.3 is 5.11 Å². The molecule has 6 nitrogen and oxygen atoms in total. The van der Waals surface area contributed by atoms with Crippen LogP contribution >= 0.6 is 28.1 Å². The lowest BCUT2D eigenvalue weighted by Gasteiger charge is -2.16. The summed E-state index contributed by atoms with van der Waals surface area (Å²) in [6.07, 6.45) is 1.43. The zero-order chi connectivity index (χ0) is 19.1. The fourth-order valence-electron chi connectivity index (χ4n) is 2.55. The number of phenolic OH excluding ortho intramolecular Hbond substituents is 1. The molecule has 2 aromatic carbocycles. The van der Waals surface area contributed by atoms with Gasteiger partial charge in [-0.15, -0.1) is 0 Å². The molecule has 0 bridgehead atoms. The molecule has 0 spiro atoms. The molecule has 0 aliphatic rings. The molecule has 0 radical (unpaired) electrons. The number of nitrogens with one attached hydrogen (secondary N) is 1. The van der Waals surface area contributed by atoms with Crippen LogP contribution in [0, 0.1) is 4.77 Å². The van der Waals surface area contributed by atoms with Crippen molar-refractivity contribution < 1.29 is 5.11 Å². The molecule has 2 N–H and O–H groups in total. The first-order valence-electron chi connectivity index (χ1n) is 7.86. The zero-order valence-corrected chi connectivity index (χ0v) is 16.8. The van der Waals surface area contributed by atoms with Gasteiger partial charge in [0.15, 0.2) is 0 Å². The number of phenols is 1. The largest absolute Gasteiger partial charge is 0.507 e. The molecule has 8 heteroatoms. The van der Waals surface area contributed by atoms with Gasteiger partial charge in [0, 0.05) is 15.5 Å². The van der Waals surface area contributed by atoms with Crippen molar-refractivity contribution in [2.75, 3.05) is 0 Å². The van der Waals surface area contributed by atoms with Crippen molar-refractivity contribution >= 4 is 45.1 Å². The molecule has 0 amide bonds. The maximum absolute atomic E-state index is 12.7. The fourth-order valence-corrected chi connectivity index (χ4v) is 3.10. The molecule has 3 rings (SSSR count). The minimum Gasteiger partial charge on any atom is -0.507 e. The molecular weight excluding hydrogens is 416 g/mol. The van der Waals surface area contributed by atoms with Crippen LogP contribution in [-0.4, -0.2) is 26.2 Å². The van der Waals surface area contributed by atoms with Crippen LogP contribution < -0.4 is 5.56 Å². The molecule has 0 aliphatic carbocycles. The van der Waals surface area contributed by atoms with E-state index in [4.69, 9.17) is 12.2 Å². The SMILES string of the molecule is CC(C)(C)c1n[nH]c(=S)n(/N=C\c2c(O)ccc3cc(Br)ccc23)c1=O. The number of aromatic nitrogens is 3. The highest BCUT2D eigenvalue weighted by Crippen LogP contribution is 2.28. The number of fused-ring (bicyclic) bond motifs is 1. The molecule has 26 heavy (non-hydrogen) atoms. The standard InChI is InChI=1S/C18H17BrN4O2S/c1-18(2,3)15-16(25)23(17(26)22-21-15)20-9-13-12-6-5-11(19)8-10(12)4-7-14(13)24/h4-9,24H,1-3H3,(H,22,26)/b20-9-. The smallest absolute Gasteiger partial charge is 0.297 e. The number of nitrogens with zero attached hydrogens (tertiary/aromatic N) is 3. The topological polar surface area (TPSA) is 83.3 Å². The first-order valence-corrected chi connectivity index (χ1v) is 9.06. The average Bonchev–Trinajstić information content (AvgIpc) is 2.55. The molecular formula is C18H17BrN4O2S. The van der Waals surface area contributed by atoms with E-state index in [0.29, 0.717) is 11.3 Å². The van der Waals surface area contributed by atoms with Crippen LogP contribution in [0.25, 0.3) is 10.8 Å². The van der Waals surface area contributed by atoms with Crippen molar-refractivity contribution in [2.24, 2.45) is 5.10 Å². The van der Waals surface area contributed by atoms with Gasteiger partial charge in [-0.05, 0) is 41.2 Å². The van der Waals surface area contributed by atoms with Crippen molar-refractivity contribution in [1.82, 2.24) is 14.9 Å². The summed E-state index contributed by atoms with van der Waals surface area (Å²) in [6, 6.07) is 9.09. The number of rotatable bonds is 2. The first kappa shape index (κ1) is 18.5. The molecule has 0 unspecified atom stereocenters. The summed E-state index contributed by atoms with van der Waals surface area (Å²) >= 11 is 8.58. The average molecular weight is 433 g/mol. The number of aromatic amines is 1. The second kappa shape index (κ2) is 6.77. The van der Waals surface area contributed by atoms with Gasteiger partial charge in [0.2, 0.25) is 4.77 Å². The predicted octanol–water partition coefficient (Wildman–Crippen LogP) is 4.10. The Hall–Kier alpha value is -2.32. The van der Waals surface area contributed by atoms with Crippen LogP contribution in [0.1, 0.15) is 32.0 Å². The predicted molar refractivity (Wildman–Crippen MR) is 109 cm³/mol. The van der Waals surface area contributed by atoms with E-state index in [0.717, 1.165) is 19.9 Å². The number of hydrogen-bond acceptors (Lipinski definition) is 5. The number of hydrogen-bond donors (Lipinski definition) is 2. The lowest BCUT2D eigenvalue weighted by atomic mass is 9.93. The molecule has 0 atom stereocenters. The number of aromatic hydroxyl groups is 1. The normalized spacial score (nSPS) is 12.2. The van der Waals surface area contributed by atoms with Gasteiger partial charge in [0.05, 0.1) is 6.21 Å². The minimum atomic E-state index is -0.457. The summed E-state index contributed by atoms with van der Waals surface area (Å²) in [7, 11) is 0. The van der Waals surface area contributed by atoms with Crippen LogP contribution in [0.3, 0.4) is 0 Å². The molecule has 1 heterocycles. The van der Waals surface area contributed by atoms with Gasteiger partial charge in [-0.2, -0.15) is 14.9 Å². The second-order valence-corrected chi connectivity index (χ2v) is 8.16. The monoisotopic (exact) mass is 432 g/mol. The zero-order valence-electron chi connectivity index (χ0n) is 14.4. The van der Waals surface area contributed by atoms with E-state index in [9.17, 15) is 9.90 Å². The maximum atomic E-state index is 12.7. The van der Waals surface area contributed by atoms with Gasteiger partial charge in [0.1, 0.15) is 11.4 Å². The summed E-state index contributed by atoms with van der Waals surface area (Å²) in [5.41, 5.74) is -0.0124. The first-order chi connectivity index (χ1) is 12.2. The number of H-pyrrole nitrogens is 1. The van der Waals surface area contributed by atoms with Crippen molar-refractivity contribution in [1.29, 1.82) is 0 Å². The van der Waals surface area contributed by atoms with Gasteiger partial charge in [-0.3, -0.25) is 9.89 Å². The molecule has 0 saturated carbocycles. The Morgan fingerprint density at radius 1 is 1.31 bits per heavy atom. The molecule has 134 valence electrons. The van der Waals surface area contributed by atoms with Gasteiger partial charge in [0.25, 0.3) is 5.56 Å². The van der Waals surface area contributed by atoms with E-state index in [-0.39, 0.29) is 16.1 Å². The molecule has 0 aliphatic heterocycles.